The van der Waals surface area contributed by atoms with Gasteiger partial charge in [0, 0.05) is 20.2 Å². The summed E-state index contributed by atoms with van der Waals surface area (Å²) in [7, 11) is 4.99. The largest absolute Gasteiger partial charge is 0.468 e. The van der Waals surface area contributed by atoms with Crippen LogP contribution in [0.1, 0.15) is 26.2 Å². The number of carbonyl (C=O) groups is 1. The van der Waals surface area contributed by atoms with Crippen LogP contribution in [0.4, 0.5) is 0 Å². The Morgan fingerprint density at radius 2 is 2.22 bits per heavy atom. The minimum Gasteiger partial charge on any atom is -0.468 e. The zero-order chi connectivity index (χ0) is 13.6. The van der Waals surface area contributed by atoms with E-state index in [0.717, 1.165) is 38.9 Å². The van der Waals surface area contributed by atoms with Gasteiger partial charge in [-0.15, -0.1) is 0 Å². The lowest BCUT2D eigenvalue weighted by atomic mass is 9.97. The minimum absolute atomic E-state index is 0.203. The molecule has 1 rings (SSSR count). The Morgan fingerprint density at radius 3 is 2.78 bits per heavy atom. The topological polar surface area (TPSA) is 50.8 Å². The molecule has 106 valence electrons. The smallest absolute Gasteiger partial charge is 0.325 e. The van der Waals surface area contributed by atoms with Crippen molar-refractivity contribution < 1.29 is 14.3 Å². The normalized spacial score (nSPS) is 24.6. The van der Waals surface area contributed by atoms with E-state index >= 15 is 0 Å². The average molecular weight is 258 g/mol. The number of rotatable bonds is 6. The number of ether oxygens (including phenoxy) is 2. The Bertz CT molecular complexity index is 273. The highest BCUT2D eigenvalue weighted by Crippen LogP contribution is 2.16. The highest BCUT2D eigenvalue weighted by molar-refractivity contribution is 5.80. The van der Waals surface area contributed by atoms with Gasteiger partial charge >= 0.3 is 5.97 Å². The first-order valence-corrected chi connectivity index (χ1v) is 6.58. The fourth-order valence-corrected chi connectivity index (χ4v) is 2.34. The standard InChI is InChI=1S/C13H26N2O3/c1-13(14-2,12(16)18-4)7-9-15-8-5-6-11(10-15)17-3/h11,14H,5-10H2,1-4H3. The summed E-state index contributed by atoms with van der Waals surface area (Å²) in [6.07, 6.45) is 3.37. The van der Waals surface area contributed by atoms with Gasteiger partial charge in [-0.1, -0.05) is 0 Å². The van der Waals surface area contributed by atoms with Crippen molar-refractivity contribution >= 4 is 5.97 Å². The van der Waals surface area contributed by atoms with Gasteiger partial charge in [-0.2, -0.15) is 0 Å². The number of piperidine rings is 1. The molecule has 0 aromatic rings. The quantitative estimate of drug-likeness (QED) is 0.709. The Morgan fingerprint density at radius 1 is 1.50 bits per heavy atom. The summed E-state index contributed by atoms with van der Waals surface area (Å²) >= 11 is 0. The van der Waals surface area contributed by atoms with Gasteiger partial charge in [0.05, 0.1) is 13.2 Å². The zero-order valence-electron chi connectivity index (χ0n) is 12.0. The summed E-state index contributed by atoms with van der Waals surface area (Å²) in [5.74, 6) is -0.203. The third kappa shape index (κ3) is 3.93. The number of methoxy groups -OCH3 is 2. The Hall–Kier alpha value is -0.650. The Kier molecular flexibility index (Phi) is 6.05. The lowest BCUT2D eigenvalue weighted by molar-refractivity contribution is -0.148. The minimum atomic E-state index is -0.602. The van der Waals surface area contributed by atoms with Crippen LogP contribution in [0.15, 0.2) is 0 Å². The van der Waals surface area contributed by atoms with Crippen molar-refractivity contribution in [3.63, 3.8) is 0 Å². The number of likely N-dealkylation sites (tertiary alicyclic amines) is 1. The molecule has 1 saturated heterocycles. The summed E-state index contributed by atoms with van der Waals surface area (Å²) in [4.78, 5) is 14.1. The second-order valence-corrected chi connectivity index (χ2v) is 5.12. The van der Waals surface area contributed by atoms with Gasteiger partial charge in [-0.25, -0.2) is 0 Å². The molecule has 0 aliphatic carbocycles. The third-order valence-electron chi connectivity index (χ3n) is 3.91. The highest BCUT2D eigenvalue weighted by Gasteiger charge is 2.33. The Balaban J connectivity index is 2.45. The molecule has 1 aliphatic heterocycles. The molecule has 0 aromatic heterocycles. The number of nitrogens with zero attached hydrogens (tertiary/aromatic N) is 1. The first kappa shape index (κ1) is 15.4. The van der Waals surface area contributed by atoms with Crippen LogP contribution in [-0.4, -0.2) is 63.4 Å². The second-order valence-electron chi connectivity index (χ2n) is 5.12. The third-order valence-corrected chi connectivity index (χ3v) is 3.91. The van der Waals surface area contributed by atoms with Crippen LogP contribution in [0, 0.1) is 0 Å². The van der Waals surface area contributed by atoms with Gasteiger partial charge in [0.2, 0.25) is 0 Å². The molecular weight excluding hydrogens is 232 g/mol. The first-order chi connectivity index (χ1) is 8.55. The predicted molar refractivity (Wildman–Crippen MR) is 70.6 cm³/mol. The molecule has 1 heterocycles. The van der Waals surface area contributed by atoms with Crippen molar-refractivity contribution in [1.82, 2.24) is 10.2 Å². The molecule has 18 heavy (non-hydrogen) atoms. The number of nitrogens with one attached hydrogen (secondary N) is 1. The number of hydrogen-bond donors (Lipinski definition) is 1. The first-order valence-electron chi connectivity index (χ1n) is 6.58. The molecule has 0 spiro atoms. The van der Waals surface area contributed by atoms with Gasteiger partial charge in [-0.05, 0) is 39.8 Å². The zero-order valence-corrected chi connectivity index (χ0v) is 12.0. The number of likely N-dealkylation sites (N-methyl/N-ethyl adjacent to an activating group) is 1. The molecule has 1 fully saturated rings. The maximum absolute atomic E-state index is 11.7. The summed E-state index contributed by atoms with van der Waals surface area (Å²) in [5, 5.41) is 3.06. The molecule has 5 nitrogen and oxygen atoms in total. The molecule has 0 bridgehead atoms. The lowest BCUT2D eigenvalue weighted by Crippen LogP contribution is -2.51. The molecule has 0 saturated carbocycles. The molecule has 0 aromatic carbocycles. The van der Waals surface area contributed by atoms with Gasteiger partial charge < -0.3 is 19.7 Å². The van der Waals surface area contributed by atoms with E-state index in [1.807, 2.05) is 6.92 Å². The molecule has 1 N–H and O–H groups in total. The number of esters is 1. The summed E-state index contributed by atoms with van der Waals surface area (Å²) < 4.78 is 10.2. The van der Waals surface area contributed by atoms with Crippen molar-refractivity contribution in [1.29, 1.82) is 0 Å². The van der Waals surface area contributed by atoms with E-state index in [0.29, 0.717) is 6.10 Å². The van der Waals surface area contributed by atoms with Gasteiger partial charge in [-0.3, -0.25) is 4.79 Å². The van der Waals surface area contributed by atoms with Crippen molar-refractivity contribution in [2.75, 3.05) is 40.9 Å². The molecule has 2 atom stereocenters. The molecule has 0 amide bonds. The number of carbonyl (C=O) groups excluding carboxylic acids is 1. The fourth-order valence-electron chi connectivity index (χ4n) is 2.34. The van der Waals surface area contributed by atoms with E-state index in [-0.39, 0.29) is 5.97 Å². The van der Waals surface area contributed by atoms with Gasteiger partial charge in [0.1, 0.15) is 5.54 Å². The predicted octanol–water partition coefficient (Wildman–Crippen LogP) is 0.638. The second kappa shape index (κ2) is 7.07. The molecule has 5 heteroatoms. The maximum Gasteiger partial charge on any atom is 0.325 e. The highest BCUT2D eigenvalue weighted by atomic mass is 16.5. The van der Waals surface area contributed by atoms with E-state index < -0.39 is 5.54 Å². The van der Waals surface area contributed by atoms with E-state index in [4.69, 9.17) is 9.47 Å². The average Bonchev–Trinajstić information content (AvgIpc) is 2.44. The lowest BCUT2D eigenvalue weighted by Gasteiger charge is -2.34. The molecular formula is C13H26N2O3. The van der Waals surface area contributed by atoms with Crippen LogP contribution in [0.2, 0.25) is 0 Å². The molecule has 1 aliphatic rings. The van der Waals surface area contributed by atoms with Crippen LogP contribution in [0.5, 0.6) is 0 Å². The summed E-state index contributed by atoms with van der Waals surface area (Å²) in [6.45, 7) is 4.81. The van der Waals surface area contributed by atoms with Crippen LogP contribution in [0.3, 0.4) is 0 Å². The van der Waals surface area contributed by atoms with Crippen LogP contribution >= 0.6 is 0 Å². The van der Waals surface area contributed by atoms with Gasteiger partial charge in [0.15, 0.2) is 0 Å². The monoisotopic (exact) mass is 258 g/mol. The van der Waals surface area contributed by atoms with Crippen LogP contribution < -0.4 is 5.32 Å². The van der Waals surface area contributed by atoms with E-state index in [9.17, 15) is 4.79 Å². The van der Waals surface area contributed by atoms with E-state index in [2.05, 4.69) is 10.2 Å². The SMILES string of the molecule is CNC(C)(CCN1CCCC(OC)C1)C(=O)OC. The fraction of sp³-hybridized carbons (Fsp3) is 0.923. The van der Waals surface area contributed by atoms with Crippen molar-refractivity contribution in [3.05, 3.63) is 0 Å². The van der Waals surface area contributed by atoms with Gasteiger partial charge in [0.25, 0.3) is 0 Å². The van der Waals surface area contributed by atoms with Crippen LogP contribution in [0.25, 0.3) is 0 Å². The van der Waals surface area contributed by atoms with Crippen molar-refractivity contribution in [3.8, 4) is 0 Å². The molecule has 2 unspecified atom stereocenters. The van der Waals surface area contributed by atoms with E-state index in [1.165, 1.54) is 7.11 Å². The Labute approximate surface area is 110 Å². The van der Waals surface area contributed by atoms with E-state index in [1.54, 1.807) is 14.2 Å². The van der Waals surface area contributed by atoms with Crippen LogP contribution in [-0.2, 0) is 14.3 Å². The number of hydrogen-bond acceptors (Lipinski definition) is 5. The van der Waals surface area contributed by atoms with Crippen molar-refractivity contribution in [2.24, 2.45) is 0 Å². The summed E-state index contributed by atoms with van der Waals surface area (Å²) in [5.41, 5.74) is -0.602. The van der Waals surface area contributed by atoms with Crippen molar-refractivity contribution in [2.45, 2.75) is 37.8 Å². The molecule has 0 radical (unpaired) electrons. The summed E-state index contributed by atoms with van der Waals surface area (Å²) in [6, 6.07) is 0. The maximum atomic E-state index is 11.7.